The summed E-state index contributed by atoms with van der Waals surface area (Å²) in [6, 6.07) is 0. The fraction of sp³-hybridized carbons (Fsp3) is 0.769. The van der Waals surface area contributed by atoms with E-state index in [9.17, 15) is 0 Å². The van der Waals surface area contributed by atoms with Gasteiger partial charge in [0.1, 0.15) is 5.01 Å². The van der Waals surface area contributed by atoms with Gasteiger partial charge in [-0.05, 0) is 19.4 Å². The first kappa shape index (κ1) is 14.7. The lowest BCUT2D eigenvalue weighted by atomic mass is 10.2. The fourth-order valence-electron chi connectivity index (χ4n) is 1.86. The summed E-state index contributed by atoms with van der Waals surface area (Å²) in [5.41, 5.74) is 1.22. The van der Waals surface area contributed by atoms with E-state index in [1.165, 1.54) is 32.8 Å². The monoisotopic (exact) mass is 302 g/mol. The molecule has 2 nitrogen and oxygen atoms in total. The predicted molar refractivity (Wildman–Crippen MR) is 85.9 cm³/mol. The van der Waals surface area contributed by atoms with Gasteiger partial charge in [-0.25, -0.2) is 4.98 Å². The number of aryl methyl sites for hydroxylation is 1. The molecule has 1 aromatic rings. The second-order valence-electron chi connectivity index (χ2n) is 5.02. The molecule has 0 saturated carbocycles. The second-order valence-corrected chi connectivity index (χ2v) is 8.60. The van der Waals surface area contributed by atoms with Gasteiger partial charge in [-0.3, -0.25) is 0 Å². The number of hydrogen-bond donors (Lipinski definition) is 1. The molecule has 1 unspecified atom stereocenters. The largest absolute Gasteiger partial charge is 0.312 e. The summed E-state index contributed by atoms with van der Waals surface area (Å²) in [5.74, 6) is 4.52. The second kappa shape index (κ2) is 7.17. The molecule has 0 bridgehead atoms. The summed E-state index contributed by atoms with van der Waals surface area (Å²) < 4.78 is 0. The van der Waals surface area contributed by atoms with Crippen molar-refractivity contribution in [1.82, 2.24) is 10.3 Å². The molecule has 5 heteroatoms. The van der Waals surface area contributed by atoms with Gasteiger partial charge >= 0.3 is 0 Å². The summed E-state index contributed by atoms with van der Waals surface area (Å²) >= 11 is 6.05. The maximum atomic E-state index is 4.78. The molecule has 1 N–H and O–H groups in total. The third-order valence-electron chi connectivity index (χ3n) is 2.84. The Morgan fingerprint density at radius 3 is 2.89 bits per heavy atom. The van der Waals surface area contributed by atoms with Crippen molar-refractivity contribution in [3.05, 3.63) is 15.6 Å². The van der Waals surface area contributed by atoms with Crippen LogP contribution in [0, 0.1) is 12.8 Å². The van der Waals surface area contributed by atoms with Gasteiger partial charge in [0.15, 0.2) is 0 Å². The van der Waals surface area contributed by atoms with E-state index >= 15 is 0 Å². The van der Waals surface area contributed by atoms with E-state index in [0.717, 1.165) is 13.1 Å². The van der Waals surface area contributed by atoms with E-state index in [2.05, 4.69) is 49.6 Å². The molecule has 2 rings (SSSR count). The van der Waals surface area contributed by atoms with Crippen LogP contribution in [0.5, 0.6) is 0 Å². The van der Waals surface area contributed by atoms with Gasteiger partial charge < -0.3 is 5.32 Å². The van der Waals surface area contributed by atoms with Crippen LogP contribution in [0.3, 0.4) is 0 Å². The van der Waals surface area contributed by atoms with E-state index in [4.69, 9.17) is 4.98 Å². The topological polar surface area (TPSA) is 24.9 Å². The van der Waals surface area contributed by atoms with Crippen molar-refractivity contribution in [2.45, 2.75) is 32.6 Å². The Hall–Kier alpha value is 0.290. The van der Waals surface area contributed by atoms with Gasteiger partial charge in [-0.2, -0.15) is 11.8 Å². The Morgan fingerprint density at radius 1 is 1.39 bits per heavy atom. The number of thioether (sulfide) groups is 2. The van der Waals surface area contributed by atoms with Crippen LogP contribution >= 0.6 is 34.9 Å². The van der Waals surface area contributed by atoms with E-state index < -0.39 is 0 Å². The van der Waals surface area contributed by atoms with Crippen molar-refractivity contribution in [2.24, 2.45) is 5.92 Å². The van der Waals surface area contributed by atoms with E-state index in [-0.39, 0.29) is 0 Å². The van der Waals surface area contributed by atoms with Gasteiger partial charge in [0, 0.05) is 28.7 Å². The van der Waals surface area contributed by atoms with Gasteiger partial charge in [0.25, 0.3) is 0 Å². The molecule has 1 aliphatic rings. The highest BCUT2D eigenvalue weighted by atomic mass is 32.2. The molecular formula is C13H22N2S3. The summed E-state index contributed by atoms with van der Waals surface area (Å²) in [4.78, 5) is 6.19. The van der Waals surface area contributed by atoms with Gasteiger partial charge in [-0.15, -0.1) is 23.1 Å². The number of thiazole rings is 1. The summed E-state index contributed by atoms with van der Waals surface area (Å²) in [6.45, 7) is 8.70. The maximum Gasteiger partial charge on any atom is 0.107 e. The van der Waals surface area contributed by atoms with Crippen LogP contribution in [0.2, 0.25) is 0 Å². The SMILES string of the molecule is Cc1nc(C2CSCCS2)sc1CNCC(C)C. The standard InChI is InChI=1S/C13H22N2S3/c1-9(2)6-14-7-11-10(3)15-13(18-11)12-8-16-4-5-17-12/h9,12,14H,4-8H2,1-3H3. The third kappa shape index (κ3) is 4.15. The molecule has 102 valence electrons. The van der Waals surface area contributed by atoms with E-state index in [0.29, 0.717) is 11.2 Å². The zero-order valence-electron chi connectivity index (χ0n) is 11.4. The number of aromatic nitrogens is 1. The smallest absolute Gasteiger partial charge is 0.107 e. The molecule has 1 aromatic heterocycles. The summed E-state index contributed by atoms with van der Waals surface area (Å²) in [6.07, 6.45) is 0. The lowest BCUT2D eigenvalue weighted by molar-refractivity contribution is 0.554. The van der Waals surface area contributed by atoms with Gasteiger partial charge in [0.05, 0.1) is 10.9 Å². The molecule has 1 fully saturated rings. The summed E-state index contributed by atoms with van der Waals surface area (Å²) in [5, 5.41) is 5.49. The van der Waals surface area contributed by atoms with Crippen LogP contribution in [-0.2, 0) is 6.54 Å². The zero-order valence-corrected chi connectivity index (χ0v) is 13.8. The molecule has 1 saturated heterocycles. The minimum Gasteiger partial charge on any atom is -0.312 e. The highest BCUT2D eigenvalue weighted by molar-refractivity contribution is 8.06. The highest BCUT2D eigenvalue weighted by Crippen LogP contribution is 2.39. The Morgan fingerprint density at radius 2 is 2.22 bits per heavy atom. The van der Waals surface area contributed by atoms with Crippen LogP contribution in [-0.4, -0.2) is 28.8 Å². The van der Waals surface area contributed by atoms with Crippen LogP contribution in [0.1, 0.15) is 34.7 Å². The first-order valence-electron chi connectivity index (χ1n) is 6.53. The highest BCUT2D eigenvalue weighted by Gasteiger charge is 2.20. The Labute approximate surface area is 123 Å². The average Bonchev–Trinajstić information content (AvgIpc) is 2.72. The molecular weight excluding hydrogens is 280 g/mol. The Kier molecular flexibility index (Phi) is 5.86. The maximum absolute atomic E-state index is 4.78. The predicted octanol–water partition coefficient (Wildman–Crippen LogP) is 3.72. The van der Waals surface area contributed by atoms with Crippen LogP contribution in [0.4, 0.5) is 0 Å². The minimum absolute atomic E-state index is 0.631. The van der Waals surface area contributed by atoms with E-state index in [1.807, 2.05) is 11.3 Å². The van der Waals surface area contributed by atoms with Gasteiger partial charge in [0.2, 0.25) is 0 Å². The van der Waals surface area contributed by atoms with Crippen molar-refractivity contribution in [2.75, 3.05) is 23.8 Å². The average molecular weight is 303 g/mol. The molecule has 1 atom stereocenters. The third-order valence-corrected chi connectivity index (χ3v) is 7.02. The summed E-state index contributed by atoms with van der Waals surface area (Å²) in [7, 11) is 0. The minimum atomic E-state index is 0.631. The van der Waals surface area contributed by atoms with Crippen molar-refractivity contribution in [1.29, 1.82) is 0 Å². The molecule has 0 spiro atoms. The molecule has 2 heterocycles. The molecule has 0 aliphatic carbocycles. The normalized spacial score (nSPS) is 20.6. The zero-order chi connectivity index (χ0) is 13.0. The number of nitrogens with zero attached hydrogens (tertiary/aromatic N) is 1. The molecule has 18 heavy (non-hydrogen) atoms. The van der Waals surface area contributed by atoms with Crippen molar-refractivity contribution < 1.29 is 0 Å². The number of rotatable bonds is 5. The van der Waals surface area contributed by atoms with Crippen LogP contribution < -0.4 is 5.32 Å². The van der Waals surface area contributed by atoms with Crippen molar-refractivity contribution in [3.63, 3.8) is 0 Å². The molecule has 0 aromatic carbocycles. The van der Waals surface area contributed by atoms with Gasteiger partial charge in [-0.1, -0.05) is 13.8 Å². The molecule has 0 radical (unpaired) electrons. The molecule has 0 amide bonds. The van der Waals surface area contributed by atoms with E-state index in [1.54, 1.807) is 0 Å². The van der Waals surface area contributed by atoms with Crippen molar-refractivity contribution in [3.8, 4) is 0 Å². The Balaban J connectivity index is 1.93. The fourth-order valence-corrected chi connectivity index (χ4v) is 5.88. The number of hydrogen-bond acceptors (Lipinski definition) is 5. The number of nitrogens with one attached hydrogen (secondary N) is 1. The lowest BCUT2D eigenvalue weighted by Gasteiger charge is -2.18. The molecule has 1 aliphatic heterocycles. The first-order chi connectivity index (χ1) is 8.66. The Bertz CT molecular complexity index is 370. The van der Waals surface area contributed by atoms with Crippen molar-refractivity contribution >= 4 is 34.9 Å². The lowest BCUT2D eigenvalue weighted by Crippen LogP contribution is -2.18. The van der Waals surface area contributed by atoms with Crippen LogP contribution in [0.15, 0.2) is 0 Å². The van der Waals surface area contributed by atoms with Crippen LogP contribution in [0.25, 0.3) is 0 Å². The first-order valence-corrected chi connectivity index (χ1v) is 9.55. The quantitative estimate of drug-likeness (QED) is 0.896.